The maximum atomic E-state index is 12.3. The molecule has 0 spiro atoms. The van der Waals surface area contributed by atoms with Gasteiger partial charge < -0.3 is 54.0 Å². The van der Waals surface area contributed by atoms with Crippen LogP contribution in [0.15, 0.2) is 179 Å². The molecule has 6 aromatic carbocycles. The van der Waals surface area contributed by atoms with E-state index in [1.165, 1.54) is 45.9 Å². The van der Waals surface area contributed by atoms with Crippen molar-refractivity contribution < 1.29 is 55.8 Å². The molecule has 1 unspecified atom stereocenters. The number of hydrogen-bond donors (Lipinski definition) is 10. The smallest absolute Gasteiger partial charge is 0.193 e. The summed E-state index contributed by atoms with van der Waals surface area (Å²) in [5.74, 6) is 1.83. The monoisotopic (exact) mass is 1650 g/mol. The standard InChI is InChI=1S/C19H19NO.C18H19NO2.C12H17NO.C10H14N2O.C9H20N4O.C7H13N3O.C7H15NO3S.C7H15NO2S/c1-13(21)19(20-2)12-18-16-9-5-3-7-14(16)11-15-8-4-6-10-17(15)18;1-13(20)17(19-2)12-14-8-10-16(11-9-14)18(21)15-6-4-3-5-7-15;1-10(14)12(13-2)9-8-11-6-4-3-5-7-11;1-8(13)10(11-2)7-9-5-3-4-6-12-9;1-7(14)8(12-2)5-3-4-6-13-9(10)11;1-5(11)6(8-3)4-7(2)9-10-7;1-6(9)7(8-2)4-5-12(3,10)11;1-6(9)7(8-2)4-5-11(3)10/h3-11,19-20H,12H2,1-2H3;3-11,17,19H,12H2,1-2H3;3-7,12-13H,8-9H2,1-2H3;3-6,10-11H,7H2,1-2H3;8,12H,3-6H2,1-2H3,(H4,10,11,13);6,8H,4H2,1-3H3;7-8H,4-5H2,1-3H3;7-8H,4-5H2,1-3H3/t19-;17-;12-;10-;8-;6-;7-;7-,11?/m00000000/s1. The summed E-state index contributed by atoms with van der Waals surface area (Å²) in [6.07, 6.45) is 12.8. The average molecular weight is 1650 g/mol. The Morgan fingerprint density at radius 3 is 1.25 bits per heavy atom. The molecule has 117 heavy (non-hydrogen) atoms. The van der Waals surface area contributed by atoms with Crippen LogP contribution in [0, 0.1) is 0 Å². The average Bonchev–Trinajstić information content (AvgIpc) is 1.18. The summed E-state index contributed by atoms with van der Waals surface area (Å²) >= 11 is 0. The molecule has 2 heterocycles. The fourth-order valence-corrected chi connectivity index (χ4v) is 13.1. The summed E-state index contributed by atoms with van der Waals surface area (Å²) < 4.78 is 32.1. The number of aliphatic imine (C=N–C) groups is 1. The minimum atomic E-state index is -2.96. The van der Waals surface area contributed by atoms with Gasteiger partial charge in [0.25, 0.3) is 0 Å². The maximum Gasteiger partial charge on any atom is 0.193 e. The van der Waals surface area contributed by atoms with E-state index in [1.54, 1.807) is 103 Å². The molecule has 28 heteroatoms. The third-order valence-electron chi connectivity index (χ3n) is 19.1. The highest BCUT2D eigenvalue weighted by atomic mass is 32.2. The van der Waals surface area contributed by atoms with Gasteiger partial charge in [0, 0.05) is 71.5 Å². The summed E-state index contributed by atoms with van der Waals surface area (Å²) in [7, 11) is 10.4. The van der Waals surface area contributed by atoms with Crippen LogP contribution in [-0.4, -0.2) is 217 Å². The van der Waals surface area contributed by atoms with Crippen molar-refractivity contribution in [3.05, 3.63) is 197 Å². The quantitative estimate of drug-likeness (QED) is 0.00563. The van der Waals surface area contributed by atoms with Crippen LogP contribution in [0.3, 0.4) is 0 Å². The van der Waals surface area contributed by atoms with Crippen molar-refractivity contribution in [3.63, 3.8) is 0 Å². The summed E-state index contributed by atoms with van der Waals surface area (Å²) in [6.45, 7) is 15.2. The molecule has 0 saturated heterocycles. The van der Waals surface area contributed by atoms with E-state index in [4.69, 9.17) is 11.5 Å². The Balaban J connectivity index is 0.000000678. The normalized spacial score (nSPS) is 13.7. The SMILES string of the molecule is CN[C@@H](CC1(C)N=N1)C(C)=O.CN[C@@H](CCCCN=C(N)N)C(C)=O.CN[C@@H](CCS(C)(=O)=O)C(C)=O.CN[C@@H](CCS(C)=O)C(C)=O.CN[C@@H](CCc1ccccc1)C(C)=O.CN[C@@H](Cc1c2ccccc2cc2ccccc12)C(C)=O.CN[C@@H](Cc1ccc(C(=O)c2ccccc2)cc1)C(C)=O.CN[C@@H](Cc1ccccn1)C(C)=O. The molecule has 0 aliphatic carbocycles. The van der Waals surface area contributed by atoms with Gasteiger partial charge >= 0.3 is 0 Å². The van der Waals surface area contributed by atoms with Gasteiger partial charge in [0.05, 0.1) is 54.1 Å². The number of guanidine groups is 1. The fourth-order valence-electron chi connectivity index (χ4n) is 11.8. The number of nitrogens with two attached hydrogens (primary N) is 2. The zero-order valence-electron chi connectivity index (χ0n) is 72.3. The van der Waals surface area contributed by atoms with Crippen molar-refractivity contribution in [2.45, 2.75) is 187 Å². The van der Waals surface area contributed by atoms with Gasteiger partial charge in [-0.2, -0.15) is 10.2 Å². The second-order valence-corrected chi connectivity index (χ2v) is 32.5. The Kier molecular flexibility index (Phi) is 52.9. The van der Waals surface area contributed by atoms with E-state index in [9.17, 15) is 55.8 Å². The van der Waals surface area contributed by atoms with Gasteiger partial charge in [0.15, 0.2) is 17.4 Å². The van der Waals surface area contributed by atoms with Crippen molar-refractivity contribution in [2.24, 2.45) is 26.7 Å². The first-order valence-electron chi connectivity index (χ1n) is 39.3. The molecule has 1 aromatic heterocycles. The zero-order chi connectivity index (χ0) is 88.2. The number of unbranched alkanes of at least 4 members (excludes halogenated alkanes) is 1. The first-order chi connectivity index (χ1) is 55.4. The van der Waals surface area contributed by atoms with Crippen LogP contribution in [0.2, 0.25) is 0 Å². The van der Waals surface area contributed by atoms with Crippen LogP contribution >= 0.6 is 0 Å². The van der Waals surface area contributed by atoms with Gasteiger partial charge in [-0.05, 0) is 233 Å². The lowest BCUT2D eigenvalue weighted by atomic mass is 9.92. The summed E-state index contributed by atoms with van der Waals surface area (Å²) in [4.78, 5) is 109. The molecule has 9 atom stereocenters. The van der Waals surface area contributed by atoms with Crippen molar-refractivity contribution in [1.82, 2.24) is 47.5 Å². The van der Waals surface area contributed by atoms with E-state index >= 15 is 0 Å². The molecule has 12 N–H and O–H groups in total. The molecule has 0 amide bonds. The number of nitrogens with zero attached hydrogens (tertiary/aromatic N) is 4. The summed E-state index contributed by atoms with van der Waals surface area (Å²) in [6, 6.07) is 50.6. The number of ketones is 9. The van der Waals surface area contributed by atoms with E-state index < -0.39 is 20.6 Å². The Morgan fingerprint density at radius 2 is 0.838 bits per heavy atom. The number of benzene rings is 6. The van der Waals surface area contributed by atoms with Crippen molar-refractivity contribution in [1.29, 1.82) is 0 Å². The lowest BCUT2D eigenvalue weighted by Crippen LogP contribution is -2.36. The molecule has 0 saturated carbocycles. The number of sulfone groups is 1. The second kappa shape index (κ2) is 58.5. The van der Waals surface area contributed by atoms with Crippen LogP contribution in [-0.2, 0) is 84.7 Å². The lowest BCUT2D eigenvalue weighted by molar-refractivity contribution is -0.119. The Labute approximate surface area is 697 Å². The number of rotatable bonds is 40. The Bertz CT molecular complexity index is 4300. The number of aryl methyl sites for hydroxylation is 1. The molecule has 0 bridgehead atoms. The van der Waals surface area contributed by atoms with Crippen molar-refractivity contribution in [2.75, 3.05) is 86.9 Å². The third kappa shape index (κ3) is 45.3. The zero-order valence-corrected chi connectivity index (χ0v) is 73.9. The first-order valence-corrected chi connectivity index (χ1v) is 43.1. The second-order valence-electron chi connectivity index (χ2n) is 28.7. The van der Waals surface area contributed by atoms with Crippen LogP contribution in [0.1, 0.15) is 146 Å². The van der Waals surface area contributed by atoms with Gasteiger partial charge in [-0.3, -0.25) is 57.3 Å². The van der Waals surface area contributed by atoms with Crippen LogP contribution < -0.4 is 54.0 Å². The fraction of sp³-hybridized carbons (Fsp3) is 0.472. The van der Waals surface area contributed by atoms with Crippen LogP contribution in [0.5, 0.6) is 0 Å². The lowest BCUT2D eigenvalue weighted by Gasteiger charge is -2.17. The largest absolute Gasteiger partial charge is 0.370 e. The predicted molar refractivity (Wildman–Crippen MR) is 476 cm³/mol. The van der Waals surface area contributed by atoms with Gasteiger partial charge in [0.1, 0.15) is 56.1 Å². The van der Waals surface area contributed by atoms with Gasteiger partial charge in [0.2, 0.25) is 0 Å². The number of Topliss-reactive ketones (excluding diaryl/α,β-unsaturated/α-hetero) is 8. The molecular formula is C89H132N14O12S2. The van der Waals surface area contributed by atoms with E-state index in [0.717, 1.165) is 43.4 Å². The highest BCUT2D eigenvalue weighted by Gasteiger charge is 2.37. The van der Waals surface area contributed by atoms with Gasteiger partial charge in [-0.25, -0.2) is 8.42 Å². The van der Waals surface area contributed by atoms with Crippen LogP contribution in [0.4, 0.5) is 0 Å². The number of likely N-dealkylation sites (N-methyl/N-ethyl adjacent to an activating group) is 8. The first kappa shape index (κ1) is 106. The number of nitrogens with one attached hydrogen (secondary N) is 8. The highest BCUT2D eigenvalue weighted by Crippen LogP contribution is 2.32. The molecule has 8 rings (SSSR count). The van der Waals surface area contributed by atoms with E-state index in [0.29, 0.717) is 61.9 Å². The summed E-state index contributed by atoms with van der Waals surface area (Å²) in [5.41, 5.74) is 15.9. The van der Waals surface area contributed by atoms with E-state index in [-0.39, 0.29) is 118 Å². The molecule has 26 nitrogen and oxygen atoms in total. The molecule has 7 aromatic rings. The number of hydrogen-bond acceptors (Lipinski definition) is 24. The third-order valence-corrected chi connectivity index (χ3v) is 20.9. The highest BCUT2D eigenvalue weighted by molar-refractivity contribution is 7.90. The summed E-state index contributed by atoms with van der Waals surface area (Å²) in [5, 5.41) is 36.2. The molecule has 1 aliphatic rings. The van der Waals surface area contributed by atoms with E-state index in [1.807, 2.05) is 112 Å². The number of aromatic nitrogens is 1. The predicted octanol–water partition coefficient (Wildman–Crippen LogP) is 8.82. The topological polar surface area (TPSA) is 403 Å². The Morgan fingerprint density at radius 1 is 0.444 bits per heavy atom. The number of pyridine rings is 1. The Hall–Kier alpha value is -9.33. The number of carbonyl (C=O) groups is 9. The minimum absolute atomic E-state index is 0.00444. The van der Waals surface area contributed by atoms with Gasteiger partial charge in [-0.15, -0.1) is 0 Å². The molecular weight excluding hydrogens is 1520 g/mol. The minimum Gasteiger partial charge on any atom is -0.370 e. The van der Waals surface area contributed by atoms with E-state index in [2.05, 4.69) is 129 Å². The van der Waals surface area contributed by atoms with Crippen LogP contribution in [0.25, 0.3) is 21.5 Å². The molecule has 0 fully saturated rings. The molecule has 642 valence electrons. The number of fused-ring (bicyclic) bond motifs is 2. The maximum absolute atomic E-state index is 12.3. The molecule has 0 radical (unpaired) electrons. The van der Waals surface area contributed by atoms with Crippen molar-refractivity contribution in [3.8, 4) is 0 Å². The van der Waals surface area contributed by atoms with Gasteiger partial charge in [-0.1, -0.05) is 140 Å². The molecule has 1 aliphatic heterocycles. The number of carbonyl (C=O) groups excluding carboxylic acids is 9. The van der Waals surface area contributed by atoms with Crippen molar-refractivity contribution >= 4 is 100 Å².